The molecule has 0 radical (unpaired) electrons. The number of nitrogens with one attached hydrogen (secondary N) is 2. The average molecular weight is 297 g/mol. The van der Waals surface area contributed by atoms with Crippen LogP contribution in [0.2, 0.25) is 5.02 Å². The van der Waals surface area contributed by atoms with E-state index in [0.717, 1.165) is 23.7 Å². The summed E-state index contributed by atoms with van der Waals surface area (Å²) in [7, 11) is 0. The van der Waals surface area contributed by atoms with Gasteiger partial charge < -0.3 is 15.4 Å². The average Bonchev–Trinajstić information content (AvgIpc) is 2.75. The minimum atomic E-state index is -0.490. The third-order valence-corrected chi connectivity index (χ3v) is 3.57. The number of carbonyl (C=O) groups is 1. The molecule has 1 saturated heterocycles. The van der Waals surface area contributed by atoms with E-state index in [4.69, 9.17) is 16.3 Å². The second kappa shape index (κ2) is 6.02. The van der Waals surface area contributed by atoms with Crippen molar-refractivity contribution in [2.75, 3.05) is 13.1 Å². The third kappa shape index (κ3) is 3.87. The van der Waals surface area contributed by atoms with Gasteiger partial charge in [-0.05, 0) is 32.4 Å². The van der Waals surface area contributed by atoms with Crippen LogP contribution in [-0.2, 0) is 4.74 Å². The smallest absolute Gasteiger partial charge is 0.407 e. The fourth-order valence-electron chi connectivity index (χ4n) is 2.39. The summed E-state index contributed by atoms with van der Waals surface area (Å²) in [4.78, 5) is 11.9. The van der Waals surface area contributed by atoms with Crippen molar-refractivity contribution in [1.29, 1.82) is 0 Å². The van der Waals surface area contributed by atoms with Crippen LogP contribution in [0.15, 0.2) is 24.3 Å². The van der Waals surface area contributed by atoms with Gasteiger partial charge in [-0.3, -0.25) is 0 Å². The van der Waals surface area contributed by atoms with Crippen LogP contribution in [0.25, 0.3) is 0 Å². The molecule has 1 aromatic carbocycles. The molecule has 1 aliphatic rings. The monoisotopic (exact) mass is 296 g/mol. The largest absolute Gasteiger partial charge is 0.444 e. The van der Waals surface area contributed by atoms with E-state index in [9.17, 15) is 4.79 Å². The van der Waals surface area contributed by atoms with Gasteiger partial charge in [0.1, 0.15) is 5.60 Å². The number of amides is 1. The Kier molecular flexibility index (Phi) is 4.55. The predicted molar refractivity (Wildman–Crippen MR) is 80.2 cm³/mol. The highest BCUT2D eigenvalue weighted by molar-refractivity contribution is 6.31. The van der Waals surface area contributed by atoms with E-state index in [-0.39, 0.29) is 18.1 Å². The second-order valence-electron chi connectivity index (χ2n) is 6.04. The second-order valence-corrected chi connectivity index (χ2v) is 6.45. The first kappa shape index (κ1) is 15.1. The first-order valence-electron chi connectivity index (χ1n) is 6.81. The standard InChI is InChI=1S/C15H21ClN2O2/c1-15(2,3)20-14(19)18-13-9-17-8-11(13)10-6-4-5-7-12(10)16/h4-7,11,13,17H,8-9H2,1-3H3,(H,18,19)/t11-,13-/m1/s1. The van der Waals surface area contributed by atoms with Gasteiger partial charge in [0.25, 0.3) is 0 Å². The normalized spacial score (nSPS) is 22.6. The quantitative estimate of drug-likeness (QED) is 0.882. The van der Waals surface area contributed by atoms with Crippen LogP contribution in [0.4, 0.5) is 4.79 Å². The van der Waals surface area contributed by atoms with Gasteiger partial charge in [-0.15, -0.1) is 0 Å². The molecule has 0 aromatic heterocycles. The maximum absolute atomic E-state index is 11.9. The molecule has 1 aromatic rings. The van der Waals surface area contributed by atoms with Crippen LogP contribution in [0.1, 0.15) is 32.3 Å². The Bertz CT molecular complexity index is 485. The maximum Gasteiger partial charge on any atom is 0.407 e. The van der Waals surface area contributed by atoms with Crippen LogP contribution in [0, 0.1) is 0 Å². The zero-order chi connectivity index (χ0) is 14.8. The summed E-state index contributed by atoms with van der Waals surface area (Å²) in [5, 5.41) is 6.95. The highest BCUT2D eigenvalue weighted by atomic mass is 35.5. The molecule has 2 N–H and O–H groups in total. The number of halogens is 1. The number of hydrogen-bond donors (Lipinski definition) is 2. The van der Waals surface area contributed by atoms with Crippen molar-refractivity contribution in [3.63, 3.8) is 0 Å². The van der Waals surface area contributed by atoms with Crippen molar-refractivity contribution < 1.29 is 9.53 Å². The van der Waals surface area contributed by atoms with E-state index < -0.39 is 5.60 Å². The van der Waals surface area contributed by atoms with E-state index >= 15 is 0 Å². The van der Waals surface area contributed by atoms with Gasteiger partial charge in [-0.25, -0.2) is 4.79 Å². The van der Waals surface area contributed by atoms with E-state index in [1.165, 1.54) is 0 Å². The minimum Gasteiger partial charge on any atom is -0.444 e. The molecular weight excluding hydrogens is 276 g/mol. The van der Waals surface area contributed by atoms with Crippen LogP contribution >= 0.6 is 11.6 Å². The van der Waals surface area contributed by atoms with Crippen LogP contribution in [0.3, 0.4) is 0 Å². The fourth-order valence-corrected chi connectivity index (χ4v) is 2.67. The molecule has 0 bridgehead atoms. The summed E-state index contributed by atoms with van der Waals surface area (Å²) >= 11 is 6.24. The first-order valence-corrected chi connectivity index (χ1v) is 7.19. The number of benzene rings is 1. The van der Waals surface area contributed by atoms with Gasteiger partial charge in [0, 0.05) is 24.0 Å². The van der Waals surface area contributed by atoms with Gasteiger partial charge >= 0.3 is 6.09 Å². The Morgan fingerprint density at radius 3 is 2.70 bits per heavy atom. The molecule has 20 heavy (non-hydrogen) atoms. The first-order chi connectivity index (χ1) is 9.37. The van der Waals surface area contributed by atoms with Gasteiger partial charge in [-0.1, -0.05) is 29.8 Å². The summed E-state index contributed by atoms with van der Waals surface area (Å²) in [6.07, 6.45) is -0.386. The molecule has 1 amide bonds. The van der Waals surface area contributed by atoms with Crippen LogP contribution in [-0.4, -0.2) is 30.8 Å². The predicted octanol–water partition coefficient (Wildman–Crippen LogP) is 2.92. The van der Waals surface area contributed by atoms with Crippen molar-refractivity contribution in [1.82, 2.24) is 10.6 Å². The van der Waals surface area contributed by atoms with E-state index in [2.05, 4.69) is 10.6 Å². The zero-order valence-corrected chi connectivity index (χ0v) is 12.8. The highest BCUT2D eigenvalue weighted by Crippen LogP contribution is 2.29. The molecular formula is C15H21ClN2O2. The molecule has 110 valence electrons. The molecule has 2 rings (SSSR count). The Morgan fingerprint density at radius 1 is 1.35 bits per heavy atom. The molecule has 0 saturated carbocycles. The maximum atomic E-state index is 11.9. The summed E-state index contributed by atoms with van der Waals surface area (Å²) in [5.41, 5.74) is 0.566. The van der Waals surface area contributed by atoms with E-state index in [0.29, 0.717) is 0 Å². The molecule has 5 heteroatoms. The molecule has 1 aliphatic heterocycles. The zero-order valence-electron chi connectivity index (χ0n) is 12.1. The lowest BCUT2D eigenvalue weighted by Gasteiger charge is -2.24. The van der Waals surface area contributed by atoms with Crippen molar-refractivity contribution in [2.24, 2.45) is 0 Å². The Balaban J connectivity index is 2.05. The van der Waals surface area contributed by atoms with Gasteiger partial charge in [0.2, 0.25) is 0 Å². The molecule has 1 fully saturated rings. The van der Waals surface area contributed by atoms with Crippen LogP contribution in [0.5, 0.6) is 0 Å². The van der Waals surface area contributed by atoms with Gasteiger partial charge in [0.05, 0.1) is 6.04 Å². The lowest BCUT2D eigenvalue weighted by Crippen LogP contribution is -2.42. The number of carbonyl (C=O) groups excluding carboxylic acids is 1. The van der Waals surface area contributed by atoms with E-state index in [1.807, 2.05) is 45.0 Å². The lowest BCUT2D eigenvalue weighted by atomic mass is 9.94. The highest BCUT2D eigenvalue weighted by Gasteiger charge is 2.32. The molecule has 0 aliphatic carbocycles. The molecule has 0 spiro atoms. The molecule has 0 unspecified atom stereocenters. The van der Waals surface area contributed by atoms with Crippen molar-refractivity contribution >= 4 is 17.7 Å². The fraction of sp³-hybridized carbons (Fsp3) is 0.533. The Morgan fingerprint density at radius 2 is 2.05 bits per heavy atom. The number of rotatable bonds is 2. The number of ether oxygens (including phenoxy) is 1. The summed E-state index contributed by atoms with van der Waals surface area (Å²) < 4.78 is 5.30. The summed E-state index contributed by atoms with van der Waals surface area (Å²) in [6.45, 7) is 7.07. The van der Waals surface area contributed by atoms with Crippen molar-refractivity contribution in [2.45, 2.75) is 38.3 Å². The summed E-state index contributed by atoms with van der Waals surface area (Å²) in [5.74, 6) is 0.163. The SMILES string of the molecule is CC(C)(C)OC(=O)N[C@@H]1CNC[C@@H]1c1ccccc1Cl. The minimum absolute atomic E-state index is 0.00949. The third-order valence-electron chi connectivity index (χ3n) is 3.22. The topological polar surface area (TPSA) is 50.4 Å². The molecule has 2 atom stereocenters. The van der Waals surface area contributed by atoms with Crippen molar-refractivity contribution in [3.05, 3.63) is 34.9 Å². The number of alkyl carbamates (subject to hydrolysis) is 1. The molecule has 4 nitrogen and oxygen atoms in total. The van der Waals surface area contributed by atoms with Gasteiger partial charge in [-0.2, -0.15) is 0 Å². The number of hydrogen-bond acceptors (Lipinski definition) is 3. The summed E-state index contributed by atoms with van der Waals surface area (Å²) in [6, 6.07) is 7.74. The van der Waals surface area contributed by atoms with Crippen molar-refractivity contribution in [3.8, 4) is 0 Å². The van der Waals surface area contributed by atoms with E-state index in [1.54, 1.807) is 0 Å². The lowest BCUT2D eigenvalue weighted by molar-refractivity contribution is 0.0504. The Labute approximate surface area is 124 Å². The van der Waals surface area contributed by atoms with Crippen LogP contribution < -0.4 is 10.6 Å². The molecule has 1 heterocycles. The Hall–Kier alpha value is -1.26. The van der Waals surface area contributed by atoms with Gasteiger partial charge in [0.15, 0.2) is 0 Å².